The van der Waals surface area contributed by atoms with Crippen LogP contribution in [0, 0.1) is 0 Å². The zero-order valence-corrected chi connectivity index (χ0v) is 12.4. The maximum Gasteiger partial charge on any atom is 0.337 e. The normalized spacial score (nSPS) is 16.9. The van der Waals surface area contributed by atoms with Crippen LogP contribution in [0.1, 0.15) is 36.5 Å². The van der Waals surface area contributed by atoms with Gasteiger partial charge < -0.3 is 15.0 Å². The van der Waals surface area contributed by atoms with E-state index in [1.807, 2.05) is 18.2 Å². The van der Waals surface area contributed by atoms with Gasteiger partial charge in [0.15, 0.2) is 0 Å². The monoisotopic (exact) mass is 276 g/mol. The van der Waals surface area contributed by atoms with Crippen molar-refractivity contribution in [3.63, 3.8) is 0 Å². The summed E-state index contributed by atoms with van der Waals surface area (Å²) in [5, 5.41) is 3.53. The number of carbonyl (C=O) groups is 1. The quantitative estimate of drug-likeness (QED) is 0.840. The van der Waals surface area contributed by atoms with Gasteiger partial charge in [0.05, 0.1) is 12.7 Å². The zero-order chi connectivity index (χ0) is 14.4. The molecule has 0 atom stereocenters. The van der Waals surface area contributed by atoms with Gasteiger partial charge in [-0.2, -0.15) is 0 Å². The Morgan fingerprint density at radius 3 is 2.80 bits per heavy atom. The van der Waals surface area contributed by atoms with Crippen molar-refractivity contribution in [1.82, 2.24) is 4.90 Å². The molecule has 0 aromatic heterocycles. The Kier molecular flexibility index (Phi) is 5.41. The number of nitrogens with one attached hydrogen (secondary N) is 1. The molecular weight excluding hydrogens is 252 g/mol. The lowest BCUT2D eigenvalue weighted by molar-refractivity contribution is 0.0601. The number of ether oxygens (including phenoxy) is 1. The van der Waals surface area contributed by atoms with Gasteiger partial charge in [0.25, 0.3) is 0 Å². The van der Waals surface area contributed by atoms with E-state index < -0.39 is 0 Å². The van der Waals surface area contributed by atoms with E-state index in [2.05, 4.69) is 17.1 Å². The van der Waals surface area contributed by atoms with Gasteiger partial charge in [-0.3, -0.25) is 0 Å². The number of anilines is 1. The summed E-state index contributed by atoms with van der Waals surface area (Å²) in [5.74, 6) is -0.286. The molecule has 0 unspecified atom stereocenters. The minimum Gasteiger partial charge on any atom is -0.465 e. The first-order chi connectivity index (χ1) is 9.72. The smallest absolute Gasteiger partial charge is 0.337 e. The van der Waals surface area contributed by atoms with Gasteiger partial charge in [-0.25, -0.2) is 4.79 Å². The number of nitrogens with zero attached hydrogens (tertiary/aromatic N) is 1. The molecule has 1 aliphatic heterocycles. The third-order valence-corrected chi connectivity index (χ3v) is 3.78. The molecule has 0 amide bonds. The molecule has 4 nitrogen and oxygen atoms in total. The average Bonchev–Trinajstić information content (AvgIpc) is 2.49. The van der Waals surface area contributed by atoms with Gasteiger partial charge in [0, 0.05) is 24.8 Å². The number of esters is 1. The average molecular weight is 276 g/mol. The predicted octanol–water partition coefficient (Wildman–Crippen LogP) is 2.76. The van der Waals surface area contributed by atoms with E-state index in [0.29, 0.717) is 11.6 Å². The van der Waals surface area contributed by atoms with Gasteiger partial charge in [-0.05, 0) is 44.0 Å². The standard InChI is InChI=1S/C16H24N2O2/c1-3-9-18-10-7-14(8-11-18)17-15-6-4-5-13(12-15)16(19)20-2/h4-6,12,14,17H,3,7-11H2,1-2H3. The Labute approximate surface area is 121 Å². The topological polar surface area (TPSA) is 41.6 Å². The highest BCUT2D eigenvalue weighted by atomic mass is 16.5. The fraction of sp³-hybridized carbons (Fsp3) is 0.562. The first-order valence-corrected chi connectivity index (χ1v) is 7.40. The van der Waals surface area contributed by atoms with Gasteiger partial charge in [0.1, 0.15) is 0 Å². The second kappa shape index (κ2) is 7.29. The lowest BCUT2D eigenvalue weighted by atomic mass is 10.0. The third kappa shape index (κ3) is 3.97. The Balaban J connectivity index is 1.89. The van der Waals surface area contributed by atoms with E-state index >= 15 is 0 Å². The Hall–Kier alpha value is -1.55. The highest BCUT2D eigenvalue weighted by molar-refractivity contribution is 5.90. The summed E-state index contributed by atoms with van der Waals surface area (Å²) in [6.07, 6.45) is 3.53. The SMILES string of the molecule is CCCN1CCC(Nc2cccc(C(=O)OC)c2)CC1. The van der Waals surface area contributed by atoms with Crippen LogP contribution in [0.5, 0.6) is 0 Å². The van der Waals surface area contributed by atoms with Crippen LogP contribution in [0.3, 0.4) is 0 Å². The molecule has 110 valence electrons. The number of hydrogen-bond donors (Lipinski definition) is 1. The first-order valence-electron chi connectivity index (χ1n) is 7.40. The van der Waals surface area contributed by atoms with Gasteiger partial charge in [-0.1, -0.05) is 13.0 Å². The van der Waals surface area contributed by atoms with Crippen molar-refractivity contribution in [3.05, 3.63) is 29.8 Å². The maximum absolute atomic E-state index is 11.5. The Morgan fingerprint density at radius 1 is 1.40 bits per heavy atom. The van der Waals surface area contributed by atoms with E-state index in [4.69, 9.17) is 4.74 Å². The number of methoxy groups -OCH3 is 1. The molecule has 0 saturated carbocycles. The molecule has 0 spiro atoms. The molecule has 4 heteroatoms. The van der Waals surface area contributed by atoms with Crippen molar-refractivity contribution in [2.24, 2.45) is 0 Å². The number of piperidine rings is 1. The van der Waals surface area contributed by atoms with Crippen LogP contribution in [-0.4, -0.2) is 43.7 Å². The van der Waals surface area contributed by atoms with Crippen molar-refractivity contribution in [1.29, 1.82) is 0 Å². The summed E-state index contributed by atoms with van der Waals surface area (Å²) in [4.78, 5) is 14.0. The number of carbonyl (C=O) groups excluding carboxylic acids is 1. The van der Waals surface area contributed by atoms with E-state index in [9.17, 15) is 4.79 Å². The number of rotatable bonds is 5. The zero-order valence-electron chi connectivity index (χ0n) is 12.4. The minimum atomic E-state index is -0.286. The molecule has 1 aliphatic rings. The highest BCUT2D eigenvalue weighted by Crippen LogP contribution is 2.18. The summed E-state index contributed by atoms with van der Waals surface area (Å²) < 4.78 is 4.75. The van der Waals surface area contributed by atoms with Crippen molar-refractivity contribution in [3.8, 4) is 0 Å². The lowest BCUT2D eigenvalue weighted by Crippen LogP contribution is -2.39. The van der Waals surface area contributed by atoms with Crippen LogP contribution < -0.4 is 5.32 Å². The molecule has 1 N–H and O–H groups in total. The summed E-state index contributed by atoms with van der Waals surface area (Å²) in [6, 6.07) is 8.03. The van der Waals surface area contributed by atoms with Crippen molar-refractivity contribution in [2.45, 2.75) is 32.2 Å². The molecular formula is C16H24N2O2. The summed E-state index contributed by atoms with van der Waals surface area (Å²) in [5.41, 5.74) is 1.60. The Morgan fingerprint density at radius 2 is 2.15 bits per heavy atom. The second-order valence-corrected chi connectivity index (χ2v) is 5.33. The van der Waals surface area contributed by atoms with Crippen LogP contribution in [-0.2, 0) is 4.74 Å². The molecule has 1 aromatic rings. The first kappa shape index (κ1) is 14.9. The van der Waals surface area contributed by atoms with E-state index in [1.165, 1.54) is 20.1 Å². The van der Waals surface area contributed by atoms with Crippen LogP contribution in [0.4, 0.5) is 5.69 Å². The predicted molar refractivity (Wildman–Crippen MR) is 81.2 cm³/mol. The largest absolute Gasteiger partial charge is 0.465 e. The molecule has 1 fully saturated rings. The fourth-order valence-electron chi connectivity index (χ4n) is 2.71. The van der Waals surface area contributed by atoms with E-state index in [1.54, 1.807) is 6.07 Å². The van der Waals surface area contributed by atoms with Crippen molar-refractivity contribution < 1.29 is 9.53 Å². The van der Waals surface area contributed by atoms with Crippen LogP contribution in [0.25, 0.3) is 0 Å². The summed E-state index contributed by atoms with van der Waals surface area (Å²) in [7, 11) is 1.41. The fourth-order valence-corrected chi connectivity index (χ4v) is 2.71. The molecule has 1 saturated heterocycles. The summed E-state index contributed by atoms with van der Waals surface area (Å²) in [6.45, 7) is 5.73. The van der Waals surface area contributed by atoms with E-state index in [-0.39, 0.29) is 5.97 Å². The molecule has 1 heterocycles. The second-order valence-electron chi connectivity index (χ2n) is 5.33. The van der Waals surface area contributed by atoms with Gasteiger partial charge in [0.2, 0.25) is 0 Å². The maximum atomic E-state index is 11.5. The molecule has 0 aliphatic carbocycles. The molecule has 20 heavy (non-hydrogen) atoms. The molecule has 0 radical (unpaired) electrons. The van der Waals surface area contributed by atoms with Crippen LogP contribution >= 0.6 is 0 Å². The number of hydrogen-bond acceptors (Lipinski definition) is 4. The van der Waals surface area contributed by atoms with Crippen LogP contribution in [0.15, 0.2) is 24.3 Å². The molecule has 1 aromatic carbocycles. The van der Waals surface area contributed by atoms with Gasteiger partial charge in [-0.15, -0.1) is 0 Å². The minimum absolute atomic E-state index is 0.286. The van der Waals surface area contributed by atoms with Gasteiger partial charge >= 0.3 is 5.97 Å². The third-order valence-electron chi connectivity index (χ3n) is 3.78. The summed E-state index contributed by atoms with van der Waals surface area (Å²) >= 11 is 0. The van der Waals surface area contributed by atoms with Crippen LogP contribution in [0.2, 0.25) is 0 Å². The van der Waals surface area contributed by atoms with E-state index in [0.717, 1.165) is 31.6 Å². The number of benzene rings is 1. The highest BCUT2D eigenvalue weighted by Gasteiger charge is 2.18. The Bertz CT molecular complexity index is 440. The molecule has 2 rings (SSSR count). The number of likely N-dealkylation sites (tertiary alicyclic amines) is 1. The van der Waals surface area contributed by atoms with Crippen molar-refractivity contribution >= 4 is 11.7 Å². The van der Waals surface area contributed by atoms with Crippen molar-refractivity contribution in [2.75, 3.05) is 32.1 Å². The molecule has 0 bridgehead atoms. The lowest BCUT2D eigenvalue weighted by Gasteiger charge is -2.32.